The molecule has 0 fully saturated rings. The lowest BCUT2D eigenvalue weighted by molar-refractivity contribution is 0.445. The largest absolute Gasteiger partial charge is 0.272 e. The number of aromatic nitrogens is 2. The van der Waals surface area contributed by atoms with Crippen molar-refractivity contribution in [2.75, 3.05) is 13.1 Å². The molecule has 0 aliphatic rings. The van der Waals surface area contributed by atoms with Gasteiger partial charge in [0.15, 0.2) is 0 Å². The molecule has 0 amide bonds. The van der Waals surface area contributed by atoms with Crippen LogP contribution in [-0.2, 0) is 16.6 Å². The van der Waals surface area contributed by atoms with Crippen LogP contribution in [-0.4, -0.2) is 35.6 Å². The van der Waals surface area contributed by atoms with Crippen LogP contribution in [0.25, 0.3) is 0 Å². The maximum absolute atomic E-state index is 12.0. The summed E-state index contributed by atoms with van der Waals surface area (Å²) in [6.45, 7) is 7.21. The fourth-order valence-corrected chi connectivity index (χ4v) is 2.78. The van der Waals surface area contributed by atoms with E-state index in [0.29, 0.717) is 19.6 Å². The number of sulfonamides is 1. The van der Waals surface area contributed by atoms with Crippen molar-refractivity contribution in [3.05, 3.63) is 12.4 Å². The molecule has 0 unspecified atom stereocenters. The molecule has 0 radical (unpaired) electrons. The molecule has 0 saturated heterocycles. The maximum atomic E-state index is 12.0. The number of rotatable bonds is 5. The van der Waals surface area contributed by atoms with Gasteiger partial charge in [-0.05, 0) is 6.92 Å². The SMILES string of the molecule is CCN(CC)S(=O)(=O)c1cnn(CC)c1. The molecule has 15 heavy (non-hydrogen) atoms. The first kappa shape index (κ1) is 12.2. The van der Waals surface area contributed by atoms with Crippen molar-refractivity contribution in [2.24, 2.45) is 0 Å². The zero-order chi connectivity index (χ0) is 11.5. The van der Waals surface area contributed by atoms with Crippen molar-refractivity contribution in [1.82, 2.24) is 14.1 Å². The predicted molar refractivity (Wildman–Crippen MR) is 58.0 cm³/mol. The topological polar surface area (TPSA) is 55.2 Å². The molecule has 1 rings (SSSR count). The lowest BCUT2D eigenvalue weighted by Gasteiger charge is -2.16. The minimum absolute atomic E-state index is 0.271. The zero-order valence-corrected chi connectivity index (χ0v) is 10.2. The standard InChI is InChI=1S/C9H17N3O2S/c1-4-11-8-9(7-10-11)15(13,14)12(5-2)6-3/h7-8H,4-6H2,1-3H3. The minimum atomic E-state index is -3.34. The van der Waals surface area contributed by atoms with Crippen LogP contribution in [0.2, 0.25) is 0 Å². The highest BCUT2D eigenvalue weighted by atomic mass is 32.2. The van der Waals surface area contributed by atoms with E-state index in [-0.39, 0.29) is 4.90 Å². The molecule has 5 nitrogen and oxygen atoms in total. The molecule has 0 atom stereocenters. The average Bonchev–Trinajstić information content (AvgIpc) is 2.67. The van der Waals surface area contributed by atoms with Gasteiger partial charge in [0.2, 0.25) is 10.0 Å². The maximum Gasteiger partial charge on any atom is 0.246 e. The summed E-state index contributed by atoms with van der Waals surface area (Å²) in [6.07, 6.45) is 2.96. The Morgan fingerprint density at radius 1 is 1.33 bits per heavy atom. The number of hydrogen-bond acceptors (Lipinski definition) is 3. The summed E-state index contributed by atoms with van der Waals surface area (Å²) in [7, 11) is -3.34. The number of nitrogens with zero attached hydrogens (tertiary/aromatic N) is 3. The Hall–Kier alpha value is -0.880. The van der Waals surface area contributed by atoms with Crippen LogP contribution in [0.1, 0.15) is 20.8 Å². The van der Waals surface area contributed by atoms with Crippen LogP contribution in [0.15, 0.2) is 17.3 Å². The molecule has 6 heteroatoms. The van der Waals surface area contributed by atoms with Gasteiger partial charge in [-0.15, -0.1) is 0 Å². The molecular weight excluding hydrogens is 214 g/mol. The average molecular weight is 231 g/mol. The van der Waals surface area contributed by atoms with Crippen molar-refractivity contribution in [2.45, 2.75) is 32.2 Å². The molecule has 0 spiro atoms. The molecule has 0 bridgehead atoms. The Kier molecular flexibility index (Phi) is 3.87. The van der Waals surface area contributed by atoms with Gasteiger partial charge in [-0.2, -0.15) is 9.40 Å². The lowest BCUT2D eigenvalue weighted by atomic mass is 10.7. The highest BCUT2D eigenvalue weighted by Gasteiger charge is 2.22. The van der Waals surface area contributed by atoms with Crippen molar-refractivity contribution in [1.29, 1.82) is 0 Å². The third-order valence-electron chi connectivity index (χ3n) is 2.28. The van der Waals surface area contributed by atoms with E-state index in [9.17, 15) is 8.42 Å². The van der Waals surface area contributed by atoms with E-state index in [0.717, 1.165) is 0 Å². The summed E-state index contributed by atoms with van der Waals surface area (Å²) >= 11 is 0. The van der Waals surface area contributed by atoms with Gasteiger partial charge < -0.3 is 0 Å². The van der Waals surface area contributed by atoms with E-state index in [1.54, 1.807) is 10.9 Å². The van der Waals surface area contributed by atoms with Crippen molar-refractivity contribution in [3.8, 4) is 0 Å². The summed E-state index contributed by atoms with van der Waals surface area (Å²) in [4.78, 5) is 0.271. The normalized spacial score (nSPS) is 12.3. The van der Waals surface area contributed by atoms with E-state index in [2.05, 4.69) is 5.10 Å². The first-order valence-electron chi connectivity index (χ1n) is 5.08. The van der Waals surface area contributed by atoms with Gasteiger partial charge in [0, 0.05) is 25.8 Å². The Morgan fingerprint density at radius 3 is 2.33 bits per heavy atom. The van der Waals surface area contributed by atoms with Gasteiger partial charge in [-0.25, -0.2) is 8.42 Å². The first-order valence-corrected chi connectivity index (χ1v) is 6.52. The van der Waals surface area contributed by atoms with Crippen LogP contribution < -0.4 is 0 Å². The van der Waals surface area contributed by atoms with Crippen LogP contribution in [0.5, 0.6) is 0 Å². The third-order valence-corrected chi connectivity index (χ3v) is 4.28. The van der Waals surface area contributed by atoms with Crippen molar-refractivity contribution >= 4 is 10.0 Å². The van der Waals surface area contributed by atoms with Crippen LogP contribution >= 0.6 is 0 Å². The number of aryl methyl sites for hydroxylation is 1. The van der Waals surface area contributed by atoms with Crippen molar-refractivity contribution in [3.63, 3.8) is 0 Å². The summed E-state index contributed by atoms with van der Waals surface area (Å²) in [6, 6.07) is 0. The Labute approximate surface area is 90.7 Å². The minimum Gasteiger partial charge on any atom is -0.272 e. The van der Waals surface area contributed by atoms with Crippen LogP contribution in [0, 0.1) is 0 Å². The predicted octanol–water partition coefficient (Wildman–Crippen LogP) is 0.933. The fourth-order valence-electron chi connectivity index (χ4n) is 1.36. The second kappa shape index (κ2) is 4.76. The van der Waals surface area contributed by atoms with E-state index in [1.165, 1.54) is 10.5 Å². The molecule has 0 aliphatic carbocycles. The van der Waals surface area contributed by atoms with Gasteiger partial charge in [-0.3, -0.25) is 4.68 Å². The van der Waals surface area contributed by atoms with Gasteiger partial charge in [0.05, 0.1) is 6.20 Å². The lowest BCUT2D eigenvalue weighted by Crippen LogP contribution is -2.30. The molecule has 1 heterocycles. The molecule has 0 saturated carbocycles. The molecule has 86 valence electrons. The van der Waals surface area contributed by atoms with Crippen LogP contribution in [0.4, 0.5) is 0 Å². The van der Waals surface area contributed by atoms with E-state index < -0.39 is 10.0 Å². The summed E-state index contributed by atoms with van der Waals surface area (Å²) in [5.41, 5.74) is 0. The molecule has 1 aromatic heterocycles. The Balaban J connectivity index is 3.04. The van der Waals surface area contributed by atoms with Crippen molar-refractivity contribution < 1.29 is 8.42 Å². The summed E-state index contributed by atoms with van der Waals surface area (Å²) < 4.78 is 27.0. The summed E-state index contributed by atoms with van der Waals surface area (Å²) in [5.74, 6) is 0. The highest BCUT2D eigenvalue weighted by molar-refractivity contribution is 7.89. The molecule has 0 aromatic carbocycles. The molecule has 0 N–H and O–H groups in total. The monoisotopic (exact) mass is 231 g/mol. The van der Waals surface area contributed by atoms with Crippen LogP contribution in [0.3, 0.4) is 0 Å². The van der Waals surface area contributed by atoms with Gasteiger partial charge in [-0.1, -0.05) is 13.8 Å². The molecule has 1 aromatic rings. The molecular formula is C9H17N3O2S. The Morgan fingerprint density at radius 2 is 1.93 bits per heavy atom. The Bertz CT molecular complexity index is 407. The second-order valence-electron chi connectivity index (χ2n) is 3.12. The third kappa shape index (κ3) is 2.38. The highest BCUT2D eigenvalue weighted by Crippen LogP contribution is 2.13. The second-order valence-corrected chi connectivity index (χ2v) is 5.06. The summed E-state index contributed by atoms with van der Waals surface area (Å²) in [5, 5.41) is 3.96. The quantitative estimate of drug-likeness (QED) is 0.757. The fraction of sp³-hybridized carbons (Fsp3) is 0.667. The van der Waals surface area contributed by atoms with E-state index in [4.69, 9.17) is 0 Å². The molecule has 0 aliphatic heterocycles. The van der Waals surface area contributed by atoms with Gasteiger partial charge >= 0.3 is 0 Å². The van der Waals surface area contributed by atoms with Gasteiger partial charge in [0.25, 0.3) is 0 Å². The zero-order valence-electron chi connectivity index (χ0n) is 9.34. The number of hydrogen-bond donors (Lipinski definition) is 0. The van der Waals surface area contributed by atoms with E-state index >= 15 is 0 Å². The van der Waals surface area contributed by atoms with Gasteiger partial charge in [0.1, 0.15) is 4.90 Å². The van der Waals surface area contributed by atoms with E-state index in [1.807, 2.05) is 20.8 Å². The first-order chi connectivity index (χ1) is 7.06. The smallest absolute Gasteiger partial charge is 0.246 e.